The van der Waals surface area contributed by atoms with Gasteiger partial charge in [-0.1, -0.05) is 12.1 Å². The Bertz CT molecular complexity index is 722. The molecule has 0 amide bonds. The largest absolute Gasteiger partial charge is 0.340 e. The molecule has 0 bridgehead atoms. The van der Waals surface area contributed by atoms with Gasteiger partial charge >= 0.3 is 0 Å². The fourth-order valence-electron chi connectivity index (χ4n) is 1.87. The summed E-state index contributed by atoms with van der Waals surface area (Å²) in [6.45, 7) is 2.05. The first-order valence-electron chi connectivity index (χ1n) is 5.82. The number of hydrogen-bond acceptors (Lipinski definition) is 6. The third-order valence-corrected chi connectivity index (χ3v) is 3.54. The van der Waals surface area contributed by atoms with Gasteiger partial charge in [0, 0.05) is 5.69 Å². The van der Waals surface area contributed by atoms with Crippen LogP contribution in [0.25, 0.3) is 10.2 Å². The molecule has 0 atom stereocenters. The van der Waals surface area contributed by atoms with Crippen molar-refractivity contribution < 1.29 is 0 Å². The number of benzene rings is 1. The number of aromatic nitrogens is 2. The first-order chi connectivity index (χ1) is 9.26. The van der Waals surface area contributed by atoms with Gasteiger partial charge in [0.2, 0.25) is 5.95 Å². The maximum Gasteiger partial charge on any atom is 0.240 e. The Balaban J connectivity index is 2.06. The quantitative estimate of drug-likeness (QED) is 0.504. The van der Waals surface area contributed by atoms with Crippen LogP contribution in [0.5, 0.6) is 0 Å². The summed E-state index contributed by atoms with van der Waals surface area (Å²) in [7, 11) is 0. The van der Waals surface area contributed by atoms with Crippen molar-refractivity contribution in [1.82, 2.24) is 9.97 Å². The number of thiophene rings is 1. The van der Waals surface area contributed by atoms with Crippen LogP contribution in [0.3, 0.4) is 0 Å². The number of rotatable bonds is 3. The van der Waals surface area contributed by atoms with Crippen molar-refractivity contribution in [2.24, 2.45) is 5.84 Å². The number of hydrogen-bond donors (Lipinski definition) is 3. The number of nitrogens with two attached hydrogens (primary N) is 1. The van der Waals surface area contributed by atoms with E-state index in [9.17, 15) is 0 Å². The summed E-state index contributed by atoms with van der Waals surface area (Å²) in [5, 5.41) is 6.29. The van der Waals surface area contributed by atoms with Gasteiger partial charge in [-0.15, -0.1) is 11.3 Å². The molecule has 4 N–H and O–H groups in total. The molecule has 0 unspecified atom stereocenters. The lowest BCUT2D eigenvalue weighted by molar-refractivity contribution is 1.16. The van der Waals surface area contributed by atoms with E-state index in [1.165, 1.54) is 5.56 Å². The maximum absolute atomic E-state index is 5.40. The first-order valence-corrected chi connectivity index (χ1v) is 6.70. The Kier molecular flexibility index (Phi) is 3.02. The van der Waals surface area contributed by atoms with E-state index in [0.29, 0.717) is 5.95 Å². The molecule has 0 aliphatic rings. The van der Waals surface area contributed by atoms with E-state index < -0.39 is 0 Å². The van der Waals surface area contributed by atoms with Crippen LogP contribution in [0.4, 0.5) is 17.5 Å². The maximum atomic E-state index is 5.40. The number of nitrogen functional groups attached to an aromatic ring is 1. The lowest BCUT2D eigenvalue weighted by atomic mass is 10.2. The zero-order chi connectivity index (χ0) is 13.2. The molecule has 1 aromatic carbocycles. The number of hydrazine groups is 1. The molecule has 0 spiro atoms. The van der Waals surface area contributed by atoms with E-state index in [0.717, 1.165) is 21.7 Å². The number of aryl methyl sites for hydroxylation is 1. The van der Waals surface area contributed by atoms with Gasteiger partial charge in [0.1, 0.15) is 10.6 Å². The summed E-state index contributed by atoms with van der Waals surface area (Å²) in [5.74, 6) is 6.56. The average Bonchev–Trinajstić information content (AvgIpc) is 2.87. The molecule has 0 saturated carbocycles. The van der Waals surface area contributed by atoms with Gasteiger partial charge in [-0.3, -0.25) is 5.43 Å². The van der Waals surface area contributed by atoms with Gasteiger partial charge in [-0.05, 0) is 36.1 Å². The lowest BCUT2D eigenvalue weighted by Gasteiger charge is -2.09. The smallest absolute Gasteiger partial charge is 0.240 e. The Morgan fingerprint density at radius 3 is 2.89 bits per heavy atom. The predicted octanol–water partition coefficient (Wildman–Crippen LogP) is 3.03. The molecule has 19 heavy (non-hydrogen) atoms. The molecule has 0 saturated heterocycles. The second-order valence-electron chi connectivity index (χ2n) is 4.17. The van der Waals surface area contributed by atoms with Gasteiger partial charge in [0.25, 0.3) is 0 Å². The van der Waals surface area contributed by atoms with Crippen LogP contribution in [-0.2, 0) is 0 Å². The van der Waals surface area contributed by atoms with Crippen LogP contribution in [0.1, 0.15) is 5.56 Å². The number of anilines is 3. The molecule has 96 valence electrons. The van der Waals surface area contributed by atoms with E-state index in [4.69, 9.17) is 5.84 Å². The third-order valence-electron chi connectivity index (χ3n) is 2.73. The van der Waals surface area contributed by atoms with Crippen LogP contribution < -0.4 is 16.6 Å². The highest BCUT2D eigenvalue weighted by Crippen LogP contribution is 2.28. The van der Waals surface area contributed by atoms with Gasteiger partial charge in [0.15, 0.2) is 0 Å². The highest BCUT2D eigenvalue weighted by atomic mass is 32.1. The summed E-state index contributed by atoms with van der Waals surface area (Å²) in [5.41, 5.74) is 4.68. The van der Waals surface area contributed by atoms with Crippen LogP contribution in [0.2, 0.25) is 0 Å². The molecule has 0 radical (unpaired) electrons. The number of nitrogens with one attached hydrogen (secondary N) is 2. The summed E-state index contributed by atoms with van der Waals surface area (Å²) in [6, 6.07) is 10.1. The molecule has 2 heterocycles. The van der Waals surface area contributed by atoms with E-state index >= 15 is 0 Å². The Morgan fingerprint density at radius 1 is 1.21 bits per heavy atom. The second-order valence-corrected chi connectivity index (χ2v) is 5.07. The molecule has 6 heteroatoms. The topological polar surface area (TPSA) is 75.9 Å². The van der Waals surface area contributed by atoms with Crippen molar-refractivity contribution in [2.75, 3.05) is 10.7 Å². The van der Waals surface area contributed by atoms with Crippen molar-refractivity contribution in [1.29, 1.82) is 0 Å². The Morgan fingerprint density at radius 2 is 2.11 bits per heavy atom. The van der Waals surface area contributed by atoms with Crippen molar-refractivity contribution in [3.63, 3.8) is 0 Å². The minimum absolute atomic E-state index is 0.408. The highest BCUT2D eigenvalue weighted by Gasteiger charge is 2.08. The fourth-order valence-corrected chi connectivity index (χ4v) is 2.64. The Hall–Kier alpha value is -2.18. The molecule has 0 aliphatic carbocycles. The number of fused-ring (bicyclic) bond motifs is 1. The molecule has 0 fully saturated rings. The van der Waals surface area contributed by atoms with Gasteiger partial charge in [0.05, 0.1) is 5.39 Å². The lowest BCUT2D eigenvalue weighted by Crippen LogP contribution is -2.11. The monoisotopic (exact) mass is 271 g/mol. The zero-order valence-corrected chi connectivity index (χ0v) is 11.2. The number of nitrogens with zero attached hydrogens (tertiary/aromatic N) is 2. The molecular formula is C13H13N5S. The van der Waals surface area contributed by atoms with Crippen LogP contribution in [0, 0.1) is 6.92 Å². The van der Waals surface area contributed by atoms with E-state index in [1.54, 1.807) is 11.3 Å². The van der Waals surface area contributed by atoms with Crippen molar-refractivity contribution in [2.45, 2.75) is 6.92 Å². The molecule has 0 aliphatic heterocycles. The SMILES string of the molecule is Cc1cccc(Nc2nc(NN)nc3sccc23)c1. The van der Waals surface area contributed by atoms with Crippen molar-refractivity contribution in [3.05, 3.63) is 41.3 Å². The van der Waals surface area contributed by atoms with E-state index in [1.807, 2.05) is 23.6 Å². The fraction of sp³-hybridized carbons (Fsp3) is 0.0769. The van der Waals surface area contributed by atoms with Gasteiger partial charge in [-0.25, -0.2) is 10.8 Å². The zero-order valence-electron chi connectivity index (χ0n) is 10.3. The third kappa shape index (κ3) is 2.35. The standard InChI is InChI=1S/C13H13N5S/c1-8-3-2-4-9(7-8)15-11-10-5-6-19-12(10)17-13(16-11)18-14/h2-7H,14H2,1H3,(H2,15,16,17,18). The molecule has 5 nitrogen and oxygen atoms in total. The average molecular weight is 271 g/mol. The minimum atomic E-state index is 0.408. The molecule has 3 rings (SSSR count). The van der Waals surface area contributed by atoms with Crippen LogP contribution >= 0.6 is 11.3 Å². The predicted molar refractivity (Wildman–Crippen MR) is 79.7 cm³/mol. The van der Waals surface area contributed by atoms with Gasteiger partial charge in [-0.2, -0.15) is 4.98 Å². The summed E-state index contributed by atoms with van der Waals surface area (Å²) in [4.78, 5) is 9.57. The first kappa shape index (κ1) is 11.9. The summed E-state index contributed by atoms with van der Waals surface area (Å²) < 4.78 is 0. The molecule has 2 aromatic heterocycles. The second kappa shape index (κ2) is 4.83. The van der Waals surface area contributed by atoms with Crippen LogP contribution in [-0.4, -0.2) is 9.97 Å². The molecular weight excluding hydrogens is 258 g/mol. The van der Waals surface area contributed by atoms with Crippen molar-refractivity contribution >= 4 is 39.0 Å². The highest BCUT2D eigenvalue weighted by molar-refractivity contribution is 7.16. The molecule has 3 aromatic rings. The van der Waals surface area contributed by atoms with Crippen LogP contribution in [0.15, 0.2) is 35.7 Å². The van der Waals surface area contributed by atoms with E-state index in [-0.39, 0.29) is 0 Å². The Labute approximate surface area is 114 Å². The summed E-state index contributed by atoms with van der Waals surface area (Å²) in [6.07, 6.45) is 0. The van der Waals surface area contributed by atoms with Gasteiger partial charge < -0.3 is 5.32 Å². The summed E-state index contributed by atoms with van der Waals surface area (Å²) >= 11 is 1.56. The normalized spacial score (nSPS) is 10.6. The van der Waals surface area contributed by atoms with Crippen molar-refractivity contribution in [3.8, 4) is 0 Å². The van der Waals surface area contributed by atoms with E-state index in [2.05, 4.69) is 39.8 Å². The minimum Gasteiger partial charge on any atom is -0.340 e.